The molecular weight excluding hydrogens is 347 g/mol. The summed E-state index contributed by atoms with van der Waals surface area (Å²) in [7, 11) is -3.80. The fourth-order valence-corrected chi connectivity index (χ4v) is 4.68. The van der Waals surface area contributed by atoms with Crippen molar-refractivity contribution < 1.29 is 12.8 Å². The maximum atomic E-state index is 14.3. The monoisotopic (exact) mass is 364 g/mol. The number of halogens is 2. The molecule has 0 unspecified atom stereocenters. The lowest BCUT2D eigenvalue weighted by Gasteiger charge is -2.21. The quantitative estimate of drug-likeness (QED) is 0.896. The standard InChI is InChI=1S/C13H18BrFN2O2S/c14-11-7-10(9-16)13(15)12(8-11)20(18,19)17-5-3-1-2-4-6-17/h7-8H,1-6,9,16H2. The average molecular weight is 365 g/mol. The second-order valence-electron chi connectivity index (χ2n) is 4.90. The average Bonchev–Trinajstić information content (AvgIpc) is 2.70. The smallest absolute Gasteiger partial charge is 0.246 e. The molecule has 0 aromatic heterocycles. The Morgan fingerprint density at radius 2 is 1.80 bits per heavy atom. The van der Waals surface area contributed by atoms with Gasteiger partial charge in [-0.2, -0.15) is 4.31 Å². The van der Waals surface area contributed by atoms with E-state index in [1.807, 2.05) is 0 Å². The highest BCUT2D eigenvalue weighted by atomic mass is 79.9. The van der Waals surface area contributed by atoms with E-state index in [0.29, 0.717) is 17.6 Å². The van der Waals surface area contributed by atoms with Gasteiger partial charge in [-0.25, -0.2) is 12.8 Å². The molecule has 1 aromatic carbocycles. The third kappa shape index (κ3) is 3.21. The van der Waals surface area contributed by atoms with Gasteiger partial charge in [-0.05, 0) is 25.0 Å². The van der Waals surface area contributed by atoms with Crippen molar-refractivity contribution in [1.82, 2.24) is 4.31 Å². The predicted molar refractivity (Wildman–Crippen MR) is 79.2 cm³/mol. The lowest BCUT2D eigenvalue weighted by molar-refractivity contribution is 0.419. The van der Waals surface area contributed by atoms with E-state index in [1.54, 1.807) is 0 Å². The molecule has 2 rings (SSSR count). The molecule has 0 bridgehead atoms. The number of nitrogens with two attached hydrogens (primary N) is 1. The number of nitrogens with zero attached hydrogens (tertiary/aromatic N) is 1. The summed E-state index contributed by atoms with van der Waals surface area (Å²) in [4.78, 5) is -0.283. The van der Waals surface area contributed by atoms with Crippen LogP contribution in [0, 0.1) is 5.82 Å². The third-order valence-corrected chi connectivity index (χ3v) is 5.84. The Kier molecular flexibility index (Phi) is 5.17. The summed E-state index contributed by atoms with van der Waals surface area (Å²) in [5.74, 6) is -0.736. The highest BCUT2D eigenvalue weighted by Gasteiger charge is 2.29. The van der Waals surface area contributed by atoms with Gasteiger partial charge < -0.3 is 5.73 Å². The lowest BCUT2D eigenvalue weighted by atomic mass is 10.2. The van der Waals surface area contributed by atoms with E-state index in [0.717, 1.165) is 25.7 Å². The zero-order valence-electron chi connectivity index (χ0n) is 11.1. The van der Waals surface area contributed by atoms with Gasteiger partial charge in [0.05, 0.1) is 0 Å². The molecule has 1 saturated heterocycles. The van der Waals surface area contributed by atoms with Crippen molar-refractivity contribution >= 4 is 26.0 Å². The second-order valence-corrected chi connectivity index (χ2v) is 7.72. The molecule has 0 aliphatic carbocycles. The minimum atomic E-state index is -3.80. The van der Waals surface area contributed by atoms with Crippen LogP contribution in [0.25, 0.3) is 0 Å². The van der Waals surface area contributed by atoms with Crippen molar-refractivity contribution in [3.8, 4) is 0 Å². The Morgan fingerprint density at radius 1 is 1.20 bits per heavy atom. The van der Waals surface area contributed by atoms with E-state index in [9.17, 15) is 12.8 Å². The first-order valence-corrected chi connectivity index (χ1v) is 8.88. The minimum absolute atomic E-state index is 0.0339. The molecule has 0 saturated carbocycles. The fraction of sp³-hybridized carbons (Fsp3) is 0.538. The van der Waals surface area contributed by atoms with Gasteiger partial charge in [0.25, 0.3) is 0 Å². The zero-order valence-corrected chi connectivity index (χ0v) is 13.5. The summed E-state index contributed by atoms with van der Waals surface area (Å²) in [6.07, 6.45) is 3.67. The van der Waals surface area contributed by atoms with Gasteiger partial charge in [0.2, 0.25) is 10.0 Å². The van der Waals surface area contributed by atoms with Crippen LogP contribution in [0.4, 0.5) is 4.39 Å². The second kappa shape index (κ2) is 6.51. The summed E-state index contributed by atoms with van der Waals surface area (Å²) in [6.45, 7) is 0.867. The summed E-state index contributed by atoms with van der Waals surface area (Å²) in [6, 6.07) is 2.82. The number of benzene rings is 1. The summed E-state index contributed by atoms with van der Waals surface area (Å²) in [5, 5.41) is 0. The molecule has 20 heavy (non-hydrogen) atoms. The Morgan fingerprint density at radius 3 is 2.35 bits per heavy atom. The highest BCUT2D eigenvalue weighted by molar-refractivity contribution is 9.10. The van der Waals surface area contributed by atoms with Crippen LogP contribution < -0.4 is 5.73 Å². The van der Waals surface area contributed by atoms with Crippen molar-refractivity contribution in [2.75, 3.05) is 13.1 Å². The first-order valence-electron chi connectivity index (χ1n) is 6.65. The largest absolute Gasteiger partial charge is 0.326 e. The maximum absolute atomic E-state index is 14.3. The molecule has 1 heterocycles. The Labute approximate surface area is 127 Å². The highest BCUT2D eigenvalue weighted by Crippen LogP contribution is 2.27. The van der Waals surface area contributed by atoms with E-state index >= 15 is 0 Å². The first-order chi connectivity index (χ1) is 9.46. The van der Waals surface area contributed by atoms with Crippen molar-refractivity contribution in [1.29, 1.82) is 0 Å². The van der Waals surface area contributed by atoms with E-state index in [4.69, 9.17) is 5.73 Å². The van der Waals surface area contributed by atoms with Crippen molar-refractivity contribution in [2.24, 2.45) is 5.73 Å². The van der Waals surface area contributed by atoms with E-state index in [1.165, 1.54) is 16.4 Å². The lowest BCUT2D eigenvalue weighted by Crippen LogP contribution is -2.32. The zero-order chi connectivity index (χ0) is 14.8. The van der Waals surface area contributed by atoms with Crippen molar-refractivity contribution in [3.05, 3.63) is 28.0 Å². The molecule has 1 aliphatic heterocycles. The SMILES string of the molecule is NCc1cc(Br)cc(S(=O)(=O)N2CCCCCC2)c1F. The van der Waals surface area contributed by atoms with Crippen molar-refractivity contribution in [3.63, 3.8) is 0 Å². The molecule has 0 amide bonds. The third-order valence-electron chi connectivity index (χ3n) is 3.48. The van der Waals surface area contributed by atoms with Crippen LogP contribution in [0.2, 0.25) is 0 Å². The van der Waals surface area contributed by atoms with Gasteiger partial charge in [0, 0.05) is 29.7 Å². The molecule has 2 N–H and O–H groups in total. The maximum Gasteiger partial charge on any atom is 0.246 e. The van der Waals surface area contributed by atoms with Crippen LogP contribution in [0.1, 0.15) is 31.2 Å². The molecule has 1 fully saturated rings. The number of hydrogen-bond acceptors (Lipinski definition) is 3. The normalized spacial score (nSPS) is 17.9. The number of sulfonamides is 1. The topological polar surface area (TPSA) is 63.4 Å². The fourth-order valence-electron chi connectivity index (χ4n) is 2.38. The Hall–Kier alpha value is -0.500. The predicted octanol–water partition coefficient (Wildman–Crippen LogP) is 2.61. The molecule has 112 valence electrons. The molecule has 0 atom stereocenters. The summed E-state index contributed by atoms with van der Waals surface area (Å²) < 4.78 is 41.4. The van der Waals surface area contributed by atoms with E-state index < -0.39 is 15.8 Å². The molecule has 1 aliphatic rings. The number of rotatable bonds is 3. The van der Waals surface area contributed by atoms with Gasteiger partial charge >= 0.3 is 0 Å². The summed E-state index contributed by atoms with van der Waals surface area (Å²) >= 11 is 3.21. The molecule has 0 radical (unpaired) electrons. The molecule has 1 aromatic rings. The van der Waals surface area contributed by atoms with Crippen LogP contribution in [-0.4, -0.2) is 25.8 Å². The van der Waals surface area contributed by atoms with Gasteiger partial charge in [0.15, 0.2) is 0 Å². The van der Waals surface area contributed by atoms with Gasteiger partial charge in [-0.3, -0.25) is 0 Å². The van der Waals surface area contributed by atoms with Gasteiger partial charge in [-0.15, -0.1) is 0 Å². The first kappa shape index (κ1) is 15.9. The van der Waals surface area contributed by atoms with Crippen LogP contribution in [0.5, 0.6) is 0 Å². The van der Waals surface area contributed by atoms with Crippen LogP contribution in [-0.2, 0) is 16.6 Å². The Balaban J connectivity index is 2.45. The molecular formula is C13H18BrFN2O2S. The number of hydrogen-bond donors (Lipinski definition) is 1. The van der Waals surface area contributed by atoms with Gasteiger partial charge in [-0.1, -0.05) is 28.8 Å². The Bertz CT molecular complexity index is 584. The van der Waals surface area contributed by atoms with E-state index in [2.05, 4.69) is 15.9 Å². The molecule has 0 spiro atoms. The van der Waals surface area contributed by atoms with E-state index in [-0.39, 0.29) is 17.0 Å². The summed E-state index contributed by atoms with van der Waals surface area (Å²) in [5.41, 5.74) is 5.67. The van der Waals surface area contributed by atoms with Crippen LogP contribution >= 0.6 is 15.9 Å². The van der Waals surface area contributed by atoms with Crippen LogP contribution in [0.15, 0.2) is 21.5 Å². The van der Waals surface area contributed by atoms with Gasteiger partial charge in [0.1, 0.15) is 10.7 Å². The van der Waals surface area contributed by atoms with Crippen LogP contribution in [0.3, 0.4) is 0 Å². The molecule has 7 heteroatoms. The molecule has 4 nitrogen and oxygen atoms in total. The minimum Gasteiger partial charge on any atom is -0.326 e. The van der Waals surface area contributed by atoms with Crippen molar-refractivity contribution in [2.45, 2.75) is 37.1 Å².